The van der Waals surface area contributed by atoms with Crippen molar-refractivity contribution in [2.45, 2.75) is 64.0 Å². The van der Waals surface area contributed by atoms with Gasteiger partial charge in [0.1, 0.15) is 0 Å². The Bertz CT molecular complexity index is 314. The maximum atomic E-state index is 12.1. The van der Waals surface area contributed by atoms with E-state index in [4.69, 9.17) is 5.53 Å². The van der Waals surface area contributed by atoms with Gasteiger partial charge in [0.05, 0.1) is 5.54 Å². The summed E-state index contributed by atoms with van der Waals surface area (Å²) in [5.74, 6) is 0.0781. The Balaban J connectivity index is 2.54. The molecule has 0 saturated heterocycles. The Labute approximate surface area is 103 Å². The first kappa shape index (κ1) is 13.8. The van der Waals surface area contributed by atoms with Crippen molar-refractivity contribution in [3.63, 3.8) is 0 Å². The number of azide groups is 1. The minimum absolute atomic E-state index is 0.0781. The van der Waals surface area contributed by atoms with Crippen molar-refractivity contribution in [1.29, 1.82) is 0 Å². The molecule has 1 saturated carbocycles. The number of hydrogen-bond donors (Lipinski definition) is 0. The van der Waals surface area contributed by atoms with E-state index in [2.05, 4.69) is 10.0 Å². The van der Waals surface area contributed by atoms with Crippen LogP contribution in [0.25, 0.3) is 10.4 Å². The van der Waals surface area contributed by atoms with Crippen LogP contribution < -0.4 is 0 Å². The van der Waals surface area contributed by atoms with E-state index in [1.54, 1.807) is 13.8 Å². The van der Waals surface area contributed by atoms with E-state index in [9.17, 15) is 4.79 Å². The summed E-state index contributed by atoms with van der Waals surface area (Å²) in [6.45, 7) is 3.58. The minimum atomic E-state index is -0.630. The first-order valence-electron chi connectivity index (χ1n) is 6.28. The first-order chi connectivity index (χ1) is 7.96. The Morgan fingerprint density at radius 3 is 2.53 bits per heavy atom. The molecule has 1 aliphatic rings. The first-order valence-corrected chi connectivity index (χ1v) is 6.28. The van der Waals surface area contributed by atoms with Gasteiger partial charge in [-0.05, 0) is 18.4 Å². The predicted molar refractivity (Wildman–Crippen MR) is 67.5 cm³/mol. The van der Waals surface area contributed by atoms with E-state index in [0.717, 1.165) is 12.8 Å². The van der Waals surface area contributed by atoms with E-state index in [0.29, 0.717) is 6.04 Å². The number of hydrogen-bond acceptors (Lipinski definition) is 2. The van der Waals surface area contributed by atoms with E-state index < -0.39 is 5.54 Å². The van der Waals surface area contributed by atoms with Gasteiger partial charge in [-0.1, -0.05) is 38.2 Å². The van der Waals surface area contributed by atoms with E-state index in [-0.39, 0.29) is 12.3 Å². The normalized spacial score (nSPS) is 17.4. The predicted octanol–water partition coefficient (Wildman–Crippen LogP) is 3.26. The minimum Gasteiger partial charge on any atom is -0.343 e. The molecule has 0 aromatic heterocycles. The monoisotopic (exact) mass is 238 g/mol. The molecule has 0 atom stereocenters. The van der Waals surface area contributed by atoms with Crippen molar-refractivity contribution < 1.29 is 4.79 Å². The molecule has 5 heteroatoms. The second-order valence-corrected chi connectivity index (χ2v) is 5.48. The molecular formula is C12H22N4O. The molecule has 1 rings (SSSR count). The second kappa shape index (κ2) is 5.92. The molecule has 96 valence electrons. The van der Waals surface area contributed by atoms with Crippen LogP contribution in [0.1, 0.15) is 52.4 Å². The highest BCUT2D eigenvalue weighted by Gasteiger charge is 2.27. The quantitative estimate of drug-likeness (QED) is 0.421. The third-order valence-electron chi connectivity index (χ3n) is 3.42. The average Bonchev–Trinajstić information content (AvgIpc) is 2.28. The van der Waals surface area contributed by atoms with Crippen molar-refractivity contribution in [3.05, 3.63) is 10.4 Å². The Morgan fingerprint density at radius 1 is 1.41 bits per heavy atom. The summed E-state index contributed by atoms with van der Waals surface area (Å²) in [5, 5.41) is 3.66. The Morgan fingerprint density at radius 2 is 2.00 bits per heavy atom. The highest BCUT2D eigenvalue weighted by Crippen LogP contribution is 2.24. The molecule has 1 aliphatic carbocycles. The fourth-order valence-electron chi connectivity index (χ4n) is 2.32. The number of nitrogens with zero attached hydrogens (tertiary/aromatic N) is 4. The van der Waals surface area contributed by atoms with Crippen LogP contribution in [-0.4, -0.2) is 29.4 Å². The molecule has 0 radical (unpaired) electrons. The molecule has 0 bridgehead atoms. The molecule has 0 aromatic carbocycles. The second-order valence-electron chi connectivity index (χ2n) is 5.48. The lowest BCUT2D eigenvalue weighted by molar-refractivity contribution is -0.133. The van der Waals surface area contributed by atoms with Gasteiger partial charge >= 0.3 is 0 Å². The van der Waals surface area contributed by atoms with Crippen LogP contribution in [0.4, 0.5) is 0 Å². The fourth-order valence-corrected chi connectivity index (χ4v) is 2.32. The molecule has 1 fully saturated rings. The molecule has 1 amide bonds. The van der Waals surface area contributed by atoms with Crippen LogP contribution in [0.2, 0.25) is 0 Å². The summed E-state index contributed by atoms with van der Waals surface area (Å²) in [6.07, 6.45) is 6.19. The van der Waals surface area contributed by atoms with Gasteiger partial charge in [-0.15, -0.1) is 0 Å². The summed E-state index contributed by atoms with van der Waals surface area (Å²) in [7, 11) is 1.87. The average molecular weight is 238 g/mol. The van der Waals surface area contributed by atoms with Gasteiger partial charge in [0.15, 0.2) is 0 Å². The van der Waals surface area contributed by atoms with Gasteiger partial charge < -0.3 is 4.90 Å². The smallest absolute Gasteiger partial charge is 0.223 e. The molecule has 0 aromatic rings. The SMILES string of the molecule is CN(C(=O)CC(C)(C)N=[N+]=[N-])C1CCCCC1. The zero-order valence-corrected chi connectivity index (χ0v) is 11.0. The largest absolute Gasteiger partial charge is 0.343 e. The maximum absolute atomic E-state index is 12.1. The van der Waals surface area contributed by atoms with Crippen LogP contribution >= 0.6 is 0 Å². The van der Waals surface area contributed by atoms with Crippen LogP contribution in [0.15, 0.2) is 5.11 Å². The van der Waals surface area contributed by atoms with Gasteiger partial charge in [-0.3, -0.25) is 4.79 Å². The van der Waals surface area contributed by atoms with Gasteiger partial charge in [-0.25, -0.2) is 0 Å². The van der Waals surface area contributed by atoms with E-state index in [1.165, 1.54) is 19.3 Å². The third kappa shape index (κ3) is 4.27. The van der Waals surface area contributed by atoms with Crippen molar-refractivity contribution >= 4 is 5.91 Å². The third-order valence-corrected chi connectivity index (χ3v) is 3.42. The van der Waals surface area contributed by atoms with E-state index >= 15 is 0 Å². The van der Waals surface area contributed by atoms with E-state index in [1.807, 2.05) is 11.9 Å². The van der Waals surface area contributed by atoms with Gasteiger partial charge in [-0.2, -0.15) is 0 Å². The van der Waals surface area contributed by atoms with Gasteiger partial charge in [0.2, 0.25) is 5.91 Å². The van der Waals surface area contributed by atoms with Crippen molar-refractivity contribution in [2.24, 2.45) is 5.11 Å². The molecule has 0 spiro atoms. The molecular weight excluding hydrogens is 216 g/mol. The highest BCUT2D eigenvalue weighted by molar-refractivity contribution is 5.77. The molecule has 5 nitrogen and oxygen atoms in total. The zero-order valence-electron chi connectivity index (χ0n) is 11.0. The lowest BCUT2D eigenvalue weighted by Gasteiger charge is -2.32. The highest BCUT2D eigenvalue weighted by atomic mass is 16.2. The van der Waals surface area contributed by atoms with Crippen LogP contribution in [0, 0.1) is 0 Å². The molecule has 17 heavy (non-hydrogen) atoms. The lowest BCUT2D eigenvalue weighted by Crippen LogP contribution is -2.40. The molecule has 0 N–H and O–H groups in total. The van der Waals surface area contributed by atoms with Gasteiger partial charge in [0, 0.05) is 24.4 Å². The Hall–Kier alpha value is -1.22. The summed E-state index contributed by atoms with van der Waals surface area (Å²) >= 11 is 0. The molecule has 0 aliphatic heterocycles. The lowest BCUT2D eigenvalue weighted by atomic mass is 9.93. The van der Waals surface area contributed by atoms with Crippen LogP contribution in [0.3, 0.4) is 0 Å². The topological polar surface area (TPSA) is 69.1 Å². The summed E-state index contributed by atoms with van der Waals surface area (Å²) in [5.41, 5.74) is 7.81. The maximum Gasteiger partial charge on any atom is 0.223 e. The fraction of sp³-hybridized carbons (Fsp3) is 0.917. The summed E-state index contributed by atoms with van der Waals surface area (Å²) in [4.78, 5) is 16.7. The molecule has 0 heterocycles. The van der Waals surface area contributed by atoms with Crippen molar-refractivity contribution in [1.82, 2.24) is 4.90 Å². The van der Waals surface area contributed by atoms with Crippen molar-refractivity contribution in [2.75, 3.05) is 7.05 Å². The van der Waals surface area contributed by atoms with Crippen LogP contribution in [0.5, 0.6) is 0 Å². The molecule has 0 unspecified atom stereocenters. The number of carbonyl (C=O) groups excluding carboxylic acids is 1. The zero-order chi connectivity index (χ0) is 12.9. The van der Waals surface area contributed by atoms with Crippen molar-refractivity contribution in [3.8, 4) is 0 Å². The number of amides is 1. The Kier molecular flexibility index (Phi) is 4.82. The number of rotatable bonds is 4. The van der Waals surface area contributed by atoms with Gasteiger partial charge in [0.25, 0.3) is 0 Å². The summed E-state index contributed by atoms with van der Waals surface area (Å²) < 4.78 is 0. The van der Waals surface area contributed by atoms with Crippen LogP contribution in [-0.2, 0) is 4.79 Å². The summed E-state index contributed by atoms with van der Waals surface area (Å²) in [6, 6.07) is 0.373. The number of carbonyl (C=O) groups is 1. The standard InChI is InChI=1S/C12H22N4O/c1-12(2,14-15-13)9-11(17)16(3)10-7-5-4-6-8-10/h10H,4-9H2,1-3H3.